The molecule has 1 aromatic carbocycles. The lowest BCUT2D eigenvalue weighted by atomic mass is 10.2. The van der Waals surface area contributed by atoms with Gasteiger partial charge in [-0.15, -0.1) is 0 Å². The molecule has 0 fully saturated rings. The Labute approximate surface area is 88.7 Å². The van der Waals surface area contributed by atoms with Crippen molar-refractivity contribution in [3.8, 4) is 0 Å². The minimum absolute atomic E-state index is 0.0729. The molecule has 15 heavy (non-hydrogen) atoms. The molecule has 1 aromatic rings. The quantitative estimate of drug-likeness (QED) is 0.684. The summed E-state index contributed by atoms with van der Waals surface area (Å²) in [6.07, 6.45) is 0.721. The summed E-state index contributed by atoms with van der Waals surface area (Å²) >= 11 is 0. The third-order valence-corrected chi connectivity index (χ3v) is 2.01. The highest BCUT2D eigenvalue weighted by Crippen LogP contribution is 2.03. The van der Waals surface area contributed by atoms with Gasteiger partial charge in [-0.2, -0.15) is 0 Å². The minimum Gasteiger partial charge on any atom is -0.395 e. The lowest BCUT2D eigenvalue weighted by Crippen LogP contribution is -2.30. The van der Waals surface area contributed by atoms with Gasteiger partial charge in [-0.1, -0.05) is 12.1 Å². The topological polar surface area (TPSA) is 55.5 Å². The monoisotopic (exact) mass is 213 g/mol. The van der Waals surface area contributed by atoms with Crippen LogP contribution >= 0.6 is 0 Å². The fourth-order valence-electron chi connectivity index (χ4n) is 1.13. The fourth-order valence-corrected chi connectivity index (χ4v) is 1.13. The van der Waals surface area contributed by atoms with Crippen molar-refractivity contribution in [1.29, 1.82) is 0 Å². The molecule has 0 amide bonds. The van der Waals surface area contributed by atoms with Gasteiger partial charge in [-0.25, -0.2) is 4.39 Å². The standard InChI is InChI=1S/C11H16FNO2/c12-10-3-1-9(2-4-10)5-6-15-8-11(13)7-14/h1-4,11,14H,5-8,13H2/t11-/m0/s1. The molecule has 0 saturated carbocycles. The first kappa shape index (κ1) is 12.1. The van der Waals surface area contributed by atoms with Gasteiger partial charge in [0.05, 0.1) is 25.9 Å². The van der Waals surface area contributed by atoms with Crippen molar-refractivity contribution in [2.24, 2.45) is 5.73 Å². The van der Waals surface area contributed by atoms with Crippen molar-refractivity contribution in [2.75, 3.05) is 19.8 Å². The second-order valence-electron chi connectivity index (χ2n) is 3.39. The lowest BCUT2D eigenvalue weighted by Gasteiger charge is -2.08. The van der Waals surface area contributed by atoms with Gasteiger partial charge in [0.15, 0.2) is 0 Å². The van der Waals surface area contributed by atoms with Crippen LogP contribution in [0.3, 0.4) is 0 Å². The smallest absolute Gasteiger partial charge is 0.123 e. The van der Waals surface area contributed by atoms with E-state index in [2.05, 4.69) is 0 Å². The van der Waals surface area contributed by atoms with E-state index in [-0.39, 0.29) is 18.5 Å². The normalized spacial score (nSPS) is 12.7. The van der Waals surface area contributed by atoms with Crippen molar-refractivity contribution in [2.45, 2.75) is 12.5 Å². The number of hydrogen-bond donors (Lipinski definition) is 2. The summed E-state index contributed by atoms with van der Waals surface area (Å²) in [4.78, 5) is 0. The van der Waals surface area contributed by atoms with Crippen LogP contribution < -0.4 is 5.73 Å². The van der Waals surface area contributed by atoms with Gasteiger partial charge in [0.2, 0.25) is 0 Å². The van der Waals surface area contributed by atoms with Crippen LogP contribution in [0.4, 0.5) is 4.39 Å². The summed E-state index contributed by atoms with van der Waals surface area (Å²) in [5, 5.41) is 8.64. The van der Waals surface area contributed by atoms with Gasteiger partial charge < -0.3 is 15.6 Å². The lowest BCUT2D eigenvalue weighted by molar-refractivity contribution is 0.103. The highest BCUT2D eigenvalue weighted by Gasteiger charge is 2.00. The Morgan fingerprint density at radius 3 is 2.60 bits per heavy atom. The van der Waals surface area contributed by atoms with Crippen LogP contribution in [0.15, 0.2) is 24.3 Å². The van der Waals surface area contributed by atoms with E-state index in [9.17, 15) is 4.39 Å². The third-order valence-electron chi connectivity index (χ3n) is 2.01. The molecular formula is C11H16FNO2. The molecule has 0 saturated heterocycles. The van der Waals surface area contributed by atoms with Crippen LogP contribution in [-0.4, -0.2) is 31.0 Å². The Bertz CT molecular complexity index is 276. The predicted octanol–water partition coefficient (Wildman–Crippen LogP) is 0.704. The molecule has 0 spiro atoms. The molecule has 0 aromatic heterocycles. The van der Waals surface area contributed by atoms with Gasteiger partial charge in [-0.05, 0) is 24.1 Å². The maximum Gasteiger partial charge on any atom is 0.123 e. The zero-order valence-electron chi connectivity index (χ0n) is 8.53. The first-order valence-electron chi connectivity index (χ1n) is 4.91. The molecule has 0 heterocycles. The summed E-state index contributed by atoms with van der Waals surface area (Å²) in [7, 11) is 0. The molecular weight excluding hydrogens is 197 g/mol. The summed E-state index contributed by atoms with van der Waals surface area (Å²) in [6, 6.07) is 5.98. The van der Waals surface area contributed by atoms with Gasteiger partial charge in [0.1, 0.15) is 5.82 Å². The highest BCUT2D eigenvalue weighted by molar-refractivity contribution is 5.15. The molecule has 84 valence electrons. The van der Waals surface area contributed by atoms with Crippen LogP contribution in [0.1, 0.15) is 5.56 Å². The number of rotatable bonds is 6. The van der Waals surface area contributed by atoms with Crippen LogP contribution in [0, 0.1) is 5.82 Å². The van der Waals surface area contributed by atoms with E-state index in [1.54, 1.807) is 12.1 Å². The Balaban J connectivity index is 2.17. The molecule has 0 aliphatic rings. The average Bonchev–Trinajstić information content (AvgIpc) is 2.26. The third kappa shape index (κ3) is 4.88. The molecule has 0 unspecified atom stereocenters. The number of hydrogen-bond acceptors (Lipinski definition) is 3. The number of ether oxygens (including phenoxy) is 1. The van der Waals surface area contributed by atoms with Crippen molar-refractivity contribution >= 4 is 0 Å². The van der Waals surface area contributed by atoms with Crippen LogP contribution in [-0.2, 0) is 11.2 Å². The molecule has 3 N–H and O–H groups in total. The van der Waals surface area contributed by atoms with E-state index in [1.807, 2.05) is 0 Å². The number of nitrogens with two attached hydrogens (primary N) is 1. The van der Waals surface area contributed by atoms with E-state index in [4.69, 9.17) is 15.6 Å². The zero-order valence-corrected chi connectivity index (χ0v) is 8.53. The van der Waals surface area contributed by atoms with Crippen molar-refractivity contribution < 1.29 is 14.2 Å². The number of aliphatic hydroxyl groups excluding tert-OH is 1. The molecule has 0 aliphatic carbocycles. The first-order valence-corrected chi connectivity index (χ1v) is 4.91. The molecule has 1 atom stereocenters. The van der Waals surface area contributed by atoms with Crippen LogP contribution in [0.2, 0.25) is 0 Å². The van der Waals surface area contributed by atoms with Gasteiger partial charge in [-0.3, -0.25) is 0 Å². The van der Waals surface area contributed by atoms with Crippen LogP contribution in [0.5, 0.6) is 0 Å². The largest absolute Gasteiger partial charge is 0.395 e. The first-order chi connectivity index (χ1) is 7.22. The molecule has 3 nitrogen and oxygen atoms in total. The van der Waals surface area contributed by atoms with E-state index in [0.717, 1.165) is 12.0 Å². The Morgan fingerprint density at radius 1 is 1.33 bits per heavy atom. The number of benzene rings is 1. The molecule has 0 radical (unpaired) electrons. The Hall–Kier alpha value is -0.970. The fraction of sp³-hybridized carbons (Fsp3) is 0.455. The maximum absolute atomic E-state index is 12.6. The van der Waals surface area contributed by atoms with Crippen molar-refractivity contribution in [3.63, 3.8) is 0 Å². The second kappa shape index (κ2) is 6.50. The minimum atomic E-state index is -0.321. The van der Waals surface area contributed by atoms with E-state index in [0.29, 0.717) is 13.2 Å². The molecule has 0 bridgehead atoms. The van der Waals surface area contributed by atoms with E-state index in [1.165, 1.54) is 12.1 Å². The summed E-state index contributed by atoms with van der Waals surface area (Å²) in [5.41, 5.74) is 6.47. The van der Waals surface area contributed by atoms with Gasteiger partial charge in [0, 0.05) is 0 Å². The number of aliphatic hydroxyl groups is 1. The SMILES string of the molecule is N[C@@H](CO)COCCc1ccc(F)cc1. The van der Waals surface area contributed by atoms with Crippen LogP contribution in [0.25, 0.3) is 0 Å². The van der Waals surface area contributed by atoms with Crippen molar-refractivity contribution in [3.05, 3.63) is 35.6 Å². The second-order valence-corrected chi connectivity index (χ2v) is 3.39. The summed E-state index contributed by atoms with van der Waals surface area (Å²) < 4.78 is 17.8. The molecule has 4 heteroatoms. The van der Waals surface area contributed by atoms with E-state index < -0.39 is 0 Å². The Morgan fingerprint density at radius 2 is 2.00 bits per heavy atom. The molecule has 0 aliphatic heterocycles. The summed E-state index contributed by atoms with van der Waals surface area (Å²) in [6.45, 7) is 0.799. The predicted molar refractivity (Wildman–Crippen MR) is 56.0 cm³/mol. The van der Waals surface area contributed by atoms with Crippen molar-refractivity contribution in [1.82, 2.24) is 0 Å². The maximum atomic E-state index is 12.6. The van der Waals surface area contributed by atoms with Gasteiger partial charge >= 0.3 is 0 Å². The Kier molecular flexibility index (Phi) is 5.25. The van der Waals surface area contributed by atoms with Gasteiger partial charge in [0.25, 0.3) is 0 Å². The average molecular weight is 213 g/mol. The zero-order chi connectivity index (χ0) is 11.1. The number of halogens is 1. The molecule has 1 rings (SSSR count). The van der Waals surface area contributed by atoms with E-state index >= 15 is 0 Å². The summed E-state index contributed by atoms with van der Waals surface area (Å²) in [5.74, 6) is -0.234. The highest BCUT2D eigenvalue weighted by atomic mass is 19.1.